The van der Waals surface area contributed by atoms with E-state index in [2.05, 4.69) is 74.0 Å². The van der Waals surface area contributed by atoms with Crippen LogP contribution in [0.15, 0.2) is 48.5 Å². The number of hydrazine groups is 1. The number of aryl methyl sites for hydroxylation is 2. The van der Waals surface area contributed by atoms with Crippen molar-refractivity contribution in [1.29, 1.82) is 0 Å². The zero-order valence-corrected chi connectivity index (χ0v) is 11.1. The van der Waals surface area contributed by atoms with Crippen LogP contribution < -0.4 is 5.43 Å². The third kappa shape index (κ3) is 2.77. The lowest BCUT2D eigenvalue weighted by Gasteiger charge is -2.02. The fourth-order valence-corrected chi connectivity index (χ4v) is 1.84. The molecule has 0 saturated carbocycles. The summed E-state index contributed by atoms with van der Waals surface area (Å²) in [4.78, 5) is 0. The third-order valence-electron chi connectivity index (χ3n) is 3.01. The highest BCUT2D eigenvalue weighted by atomic mass is 15.4. The topological polar surface area (TPSA) is 15.0 Å². The minimum atomic E-state index is 1.13. The molecular weight excluding hydrogens is 220 g/mol. The fraction of sp³-hybridized carbons (Fsp3) is 0.188. The van der Waals surface area contributed by atoms with E-state index >= 15 is 0 Å². The van der Waals surface area contributed by atoms with Crippen LogP contribution in [0.3, 0.4) is 0 Å². The van der Waals surface area contributed by atoms with Crippen LogP contribution >= 0.6 is 0 Å². The molecule has 2 heteroatoms. The zero-order chi connectivity index (χ0) is 13.0. The van der Waals surface area contributed by atoms with Crippen molar-refractivity contribution in [3.63, 3.8) is 0 Å². The van der Waals surface area contributed by atoms with E-state index in [0.29, 0.717) is 0 Å². The van der Waals surface area contributed by atoms with Gasteiger partial charge in [-0.15, -0.1) is 0 Å². The second-order valence-corrected chi connectivity index (χ2v) is 4.41. The first kappa shape index (κ1) is 12.4. The number of nitrogens with zero attached hydrogens (tertiary/aromatic N) is 1. The highest BCUT2D eigenvalue weighted by Gasteiger charge is 2.08. The van der Waals surface area contributed by atoms with Crippen LogP contribution in [0.2, 0.25) is 0 Å². The van der Waals surface area contributed by atoms with Crippen molar-refractivity contribution in [3.05, 3.63) is 65.2 Å². The van der Waals surface area contributed by atoms with E-state index in [1.54, 1.807) is 0 Å². The van der Waals surface area contributed by atoms with Crippen LogP contribution in [0.5, 0.6) is 0 Å². The molecule has 0 atom stereocenters. The maximum absolute atomic E-state index is 3.19. The van der Waals surface area contributed by atoms with Crippen molar-refractivity contribution in [2.75, 3.05) is 7.05 Å². The van der Waals surface area contributed by atoms with Crippen LogP contribution in [0.1, 0.15) is 16.7 Å². The van der Waals surface area contributed by atoms with Gasteiger partial charge in [0.25, 0.3) is 0 Å². The van der Waals surface area contributed by atoms with Crippen LogP contribution in [0.4, 0.5) is 5.69 Å². The number of hydrazone groups is 1. The maximum atomic E-state index is 3.19. The van der Waals surface area contributed by atoms with Gasteiger partial charge in [-0.25, -0.2) is 0 Å². The Labute approximate surface area is 109 Å². The summed E-state index contributed by atoms with van der Waals surface area (Å²) in [7, 11) is 1.93. The Hall–Kier alpha value is -2.09. The molecule has 0 aliphatic carbocycles. The van der Waals surface area contributed by atoms with E-state index in [9.17, 15) is 0 Å². The zero-order valence-electron chi connectivity index (χ0n) is 11.1. The SMILES string of the molecule is CN/[N+](=C\c1ccccc1C)c1ccc(C)cc1. The first-order valence-corrected chi connectivity index (χ1v) is 6.14. The first-order valence-electron chi connectivity index (χ1n) is 6.14. The highest BCUT2D eigenvalue weighted by molar-refractivity contribution is 5.78. The summed E-state index contributed by atoms with van der Waals surface area (Å²) in [5.41, 5.74) is 8.07. The van der Waals surface area contributed by atoms with Gasteiger partial charge in [-0.1, -0.05) is 40.6 Å². The van der Waals surface area contributed by atoms with Crippen LogP contribution in [-0.4, -0.2) is 17.9 Å². The van der Waals surface area contributed by atoms with Crippen molar-refractivity contribution in [3.8, 4) is 0 Å². The Morgan fingerprint density at radius 1 is 0.944 bits per heavy atom. The van der Waals surface area contributed by atoms with E-state index in [0.717, 1.165) is 5.69 Å². The molecule has 2 nitrogen and oxygen atoms in total. The number of rotatable bonds is 3. The lowest BCUT2D eigenvalue weighted by atomic mass is 10.1. The normalized spacial score (nSPS) is 11.4. The molecule has 0 unspecified atom stereocenters. The van der Waals surface area contributed by atoms with Crippen LogP contribution in [-0.2, 0) is 0 Å². The molecule has 0 radical (unpaired) electrons. The van der Waals surface area contributed by atoms with Crippen molar-refractivity contribution in [2.45, 2.75) is 13.8 Å². The Morgan fingerprint density at radius 2 is 1.61 bits per heavy atom. The Bertz CT molecular complexity index is 554. The van der Waals surface area contributed by atoms with E-state index in [1.165, 1.54) is 16.7 Å². The van der Waals surface area contributed by atoms with Gasteiger partial charge in [-0.3, -0.25) is 0 Å². The Kier molecular flexibility index (Phi) is 3.78. The van der Waals surface area contributed by atoms with Gasteiger partial charge in [0.1, 0.15) is 0 Å². The summed E-state index contributed by atoms with van der Waals surface area (Å²) >= 11 is 0. The Morgan fingerprint density at radius 3 is 2.22 bits per heavy atom. The molecule has 18 heavy (non-hydrogen) atoms. The van der Waals surface area contributed by atoms with E-state index < -0.39 is 0 Å². The maximum Gasteiger partial charge on any atom is 0.235 e. The molecular formula is C16H19N2+. The molecule has 0 aromatic heterocycles. The van der Waals surface area contributed by atoms with Gasteiger partial charge in [0.15, 0.2) is 0 Å². The second-order valence-electron chi connectivity index (χ2n) is 4.41. The standard InChI is InChI=1S/C16H19N2/c1-13-8-10-16(11-9-13)18(17-3)12-15-7-5-4-6-14(15)2/h4-12,17H,1-3H3/q+1/b18-12-. The van der Waals surface area contributed by atoms with E-state index in [-0.39, 0.29) is 0 Å². The van der Waals surface area contributed by atoms with Gasteiger partial charge in [0, 0.05) is 17.7 Å². The molecule has 0 saturated heterocycles. The minimum absolute atomic E-state index is 1.13. The summed E-state index contributed by atoms with van der Waals surface area (Å²) in [5.74, 6) is 0. The second kappa shape index (κ2) is 5.50. The smallest absolute Gasteiger partial charge is 0.196 e. The quantitative estimate of drug-likeness (QED) is 0.494. The van der Waals surface area contributed by atoms with Gasteiger partial charge >= 0.3 is 0 Å². The molecule has 0 bridgehead atoms. The summed E-state index contributed by atoms with van der Waals surface area (Å²) in [6.45, 7) is 4.22. The molecule has 0 fully saturated rings. The first-order chi connectivity index (χ1) is 8.70. The van der Waals surface area contributed by atoms with Gasteiger partial charge in [-0.2, -0.15) is 5.43 Å². The van der Waals surface area contributed by atoms with E-state index in [4.69, 9.17) is 0 Å². The molecule has 0 spiro atoms. The molecule has 0 amide bonds. The summed E-state index contributed by atoms with van der Waals surface area (Å²) in [5, 5.41) is 0. The number of hydrogen-bond acceptors (Lipinski definition) is 1. The molecule has 0 aliphatic rings. The predicted molar refractivity (Wildman–Crippen MR) is 76.5 cm³/mol. The third-order valence-corrected chi connectivity index (χ3v) is 3.01. The fourth-order valence-electron chi connectivity index (χ4n) is 1.84. The summed E-state index contributed by atoms with van der Waals surface area (Å²) < 4.78 is 2.03. The lowest BCUT2D eigenvalue weighted by molar-refractivity contribution is -0.496. The molecule has 2 aromatic carbocycles. The number of hydrogen-bond donors (Lipinski definition) is 1. The van der Waals surface area contributed by atoms with E-state index in [1.807, 2.05) is 11.7 Å². The average Bonchev–Trinajstić information content (AvgIpc) is 2.39. The van der Waals surface area contributed by atoms with Crippen molar-refractivity contribution in [1.82, 2.24) is 5.43 Å². The van der Waals surface area contributed by atoms with Gasteiger partial charge in [0.05, 0.1) is 7.05 Å². The predicted octanol–water partition coefficient (Wildman–Crippen LogP) is 3.20. The minimum Gasteiger partial charge on any atom is -0.196 e. The van der Waals surface area contributed by atoms with Crippen molar-refractivity contribution < 1.29 is 4.68 Å². The average molecular weight is 239 g/mol. The molecule has 2 rings (SSSR count). The highest BCUT2D eigenvalue weighted by Crippen LogP contribution is 2.12. The van der Waals surface area contributed by atoms with Crippen molar-refractivity contribution in [2.24, 2.45) is 0 Å². The Balaban J connectivity index is 2.40. The molecule has 2 aromatic rings. The molecule has 1 N–H and O–H groups in total. The molecule has 0 heterocycles. The molecule has 92 valence electrons. The van der Waals surface area contributed by atoms with Crippen molar-refractivity contribution >= 4 is 11.9 Å². The number of nitrogens with one attached hydrogen (secondary N) is 1. The van der Waals surface area contributed by atoms with Crippen LogP contribution in [0, 0.1) is 13.8 Å². The van der Waals surface area contributed by atoms with Crippen LogP contribution in [0.25, 0.3) is 0 Å². The monoisotopic (exact) mass is 239 g/mol. The van der Waals surface area contributed by atoms with Gasteiger partial charge in [0.2, 0.25) is 11.9 Å². The largest absolute Gasteiger partial charge is 0.235 e. The van der Waals surface area contributed by atoms with Gasteiger partial charge in [-0.05, 0) is 25.5 Å². The van der Waals surface area contributed by atoms with Gasteiger partial charge < -0.3 is 0 Å². The summed E-state index contributed by atoms with van der Waals surface area (Å²) in [6, 6.07) is 16.8. The number of benzene rings is 2. The molecule has 0 aliphatic heterocycles. The lowest BCUT2D eigenvalue weighted by Crippen LogP contribution is -2.21. The summed E-state index contributed by atoms with van der Waals surface area (Å²) in [6.07, 6.45) is 2.11.